The topological polar surface area (TPSA) is 91.0 Å². The van der Waals surface area contributed by atoms with E-state index in [0.29, 0.717) is 53.5 Å². The molecule has 2 atom stereocenters. The molecule has 0 radical (unpaired) electrons. The minimum Gasteiger partial charge on any atom is -0.481 e. The van der Waals surface area contributed by atoms with Gasteiger partial charge in [0.05, 0.1) is 17.3 Å². The third kappa shape index (κ3) is 5.14. The molecule has 0 unspecified atom stereocenters. The van der Waals surface area contributed by atoms with Gasteiger partial charge in [-0.1, -0.05) is 18.4 Å². The average Bonchev–Trinajstić information content (AvgIpc) is 3.48. The van der Waals surface area contributed by atoms with Crippen LogP contribution in [0.4, 0.5) is 10.1 Å². The first-order valence-corrected chi connectivity index (χ1v) is 13.4. The molecule has 5 rings (SSSR count). The lowest BCUT2D eigenvalue weighted by Crippen LogP contribution is -2.38. The fourth-order valence-electron chi connectivity index (χ4n) is 5.47. The van der Waals surface area contributed by atoms with Gasteiger partial charge in [-0.2, -0.15) is 5.10 Å². The predicted molar refractivity (Wildman–Crippen MR) is 145 cm³/mol. The van der Waals surface area contributed by atoms with Gasteiger partial charge in [0.25, 0.3) is 5.91 Å². The molecule has 4 heterocycles. The summed E-state index contributed by atoms with van der Waals surface area (Å²) in [5, 5.41) is 13.9. The minimum atomic E-state index is -0.822. The third-order valence-corrected chi connectivity index (χ3v) is 7.56. The second-order valence-electron chi connectivity index (χ2n) is 10.7. The number of nitrogens with zero attached hydrogens (tertiary/aromatic N) is 5. The van der Waals surface area contributed by atoms with E-state index in [4.69, 9.17) is 0 Å². The van der Waals surface area contributed by atoms with E-state index in [0.717, 1.165) is 37.8 Å². The second kappa shape index (κ2) is 10.6. The summed E-state index contributed by atoms with van der Waals surface area (Å²) in [6.45, 7) is 7.70. The summed E-state index contributed by atoms with van der Waals surface area (Å²) < 4.78 is 17.0. The molecular weight excluding hydrogens is 485 g/mol. The van der Waals surface area contributed by atoms with Crippen LogP contribution in [0.1, 0.15) is 69.1 Å². The van der Waals surface area contributed by atoms with Crippen LogP contribution in [-0.4, -0.2) is 62.2 Å². The summed E-state index contributed by atoms with van der Waals surface area (Å²) in [4.78, 5) is 33.3. The summed E-state index contributed by atoms with van der Waals surface area (Å²) in [7, 11) is 0. The summed E-state index contributed by atoms with van der Waals surface area (Å²) in [6, 6.07) is 8.54. The Hall–Kier alpha value is -3.75. The standard InChI is InChI=1S/C29H34FN5O3/c1-18(2)13-22-15-26(28(36)34-11-6-4-5-7-19(34)3)31-27-16-25(32-35(22)27)23-9-8-21(14-24(23)30)33-12-10-20(17-33)29(37)38/h8-9,13-16,19-20H,4-7,10-12,17H2,1-3H3,(H,37,38)/t19-,20+/m1/s1. The van der Waals surface area contributed by atoms with Crippen LogP contribution < -0.4 is 4.90 Å². The Morgan fingerprint density at radius 2 is 1.89 bits per heavy atom. The highest BCUT2D eigenvalue weighted by atomic mass is 19.1. The van der Waals surface area contributed by atoms with E-state index in [1.165, 1.54) is 6.07 Å². The van der Waals surface area contributed by atoms with Crippen LogP contribution in [0.3, 0.4) is 0 Å². The van der Waals surface area contributed by atoms with E-state index in [1.54, 1.807) is 28.8 Å². The van der Waals surface area contributed by atoms with E-state index in [9.17, 15) is 14.7 Å². The number of halogens is 1. The van der Waals surface area contributed by atoms with Crippen LogP contribution in [0.2, 0.25) is 0 Å². The number of carbonyl (C=O) groups is 2. The molecule has 0 saturated carbocycles. The lowest BCUT2D eigenvalue weighted by atomic mass is 10.1. The number of hydrogen-bond acceptors (Lipinski definition) is 5. The molecule has 1 aromatic carbocycles. The molecule has 2 aliphatic heterocycles. The third-order valence-electron chi connectivity index (χ3n) is 7.56. The molecule has 8 nitrogen and oxygen atoms in total. The SMILES string of the molecule is CC(C)=Cc1cc(C(=O)N2CCCCC[C@H]2C)nc2cc(-c3ccc(N4CC[C@H](C(=O)O)C4)cc3F)nn12. The summed E-state index contributed by atoms with van der Waals surface area (Å²) in [5.74, 6) is -1.79. The highest BCUT2D eigenvalue weighted by Gasteiger charge is 2.29. The maximum absolute atomic E-state index is 15.3. The summed E-state index contributed by atoms with van der Waals surface area (Å²) >= 11 is 0. The number of allylic oxidation sites excluding steroid dienone is 1. The Kier molecular flexibility index (Phi) is 7.19. The molecule has 2 fully saturated rings. The number of benzene rings is 1. The molecule has 2 saturated heterocycles. The molecule has 0 spiro atoms. The van der Waals surface area contributed by atoms with Gasteiger partial charge in [0, 0.05) is 43.0 Å². The van der Waals surface area contributed by atoms with Gasteiger partial charge in [0.15, 0.2) is 5.65 Å². The number of hydrogen-bond donors (Lipinski definition) is 1. The quantitative estimate of drug-likeness (QED) is 0.494. The van der Waals surface area contributed by atoms with Crippen LogP contribution in [0.5, 0.6) is 0 Å². The van der Waals surface area contributed by atoms with Crippen molar-refractivity contribution in [2.75, 3.05) is 24.5 Å². The first kappa shape index (κ1) is 25.9. The fraction of sp³-hybridized carbons (Fsp3) is 0.448. The van der Waals surface area contributed by atoms with Crippen molar-refractivity contribution in [3.05, 3.63) is 53.1 Å². The highest BCUT2D eigenvalue weighted by Crippen LogP contribution is 2.30. The first-order valence-electron chi connectivity index (χ1n) is 13.4. The maximum Gasteiger partial charge on any atom is 0.308 e. The van der Waals surface area contributed by atoms with Gasteiger partial charge in [-0.3, -0.25) is 9.59 Å². The van der Waals surface area contributed by atoms with Crippen LogP contribution in [0, 0.1) is 11.7 Å². The van der Waals surface area contributed by atoms with Gasteiger partial charge >= 0.3 is 5.97 Å². The predicted octanol–water partition coefficient (Wildman–Crippen LogP) is 5.27. The molecule has 9 heteroatoms. The van der Waals surface area contributed by atoms with Crippen LogP contribution in [0.25, 0.3) is 23.0 Å². The van der Waals surface area contributed by atoms with E-state index in [1.807, 2.05) is 29.7 Å². The number of fused-ring (bicyclic) bond motifs is 1. The Morgan fingerprint density at radius 1 is 1.08 bits per heavy atom. The van der Waals surface area contributed by atoms with Crippen LogP contribution >= 0.6 is 0 Å². The lowest BCUT2D eigenvalue weighted by Gasteiger charge is -2.27. The largest absolute Gasteiger partial charge is 0.481 e. The van der Waals surface area contributed by atoms with Crippen molar-refractivity contribution in [2.24, 2.45) is 5.92 Å². The van der Waals surface area contributed by atoms with Gasteiger partial charge in [-0.25, -0.2) is 13.9 Å². The monoisotopic (exact) mass is 519 g/mol. The molecular formula is C29H34FN5O3. The second-order valence-corrected chi connectivity index (χ2v) is 10.7. The Morgan fingerprint density at radius 3 is 2.61 bits per heavy atom. The molecule has 1 amide bonds. The van der Waals surface area contributed by atoms with Gasteiger partial charge < -0.3 is 14.9 Å². The lowest BCUT2D eigenvalue weighted by molar-refractivity contribution is -0.140. The Labute approximate surface area is 221 Å². The van der Waals surface area contributed by atoms with Crippen LogP contribution in [-0.2, 0) is 4.79 Å². The molecule has 2 aromatic heterocycles. The van der Waals surface area contributed by atoms with Crippen molar-refractivity contribution in [3.8, 4) is 11.3 Å². The van der Waals surface area contributed by atoms with Crippen LogP contribution in [0.15, 0.2) is 35.9 Å². The Bertz CT molecular complexity index is 1410. The molecule has 0 bridgehead atoms. The summed E-state index contributed by atoms with van der Waals surface area (Å²) in [5.41, 5.74) is 3.99. The van der Waals surface area contributed by atoms with E-state index in [2.05, 4.69) is 17.0 Å². The van der Waals surface area contributed by atoms with Crippen molar-refractivity contribution < 1.29 is 19.1 Å². The zero-order valence-corrected chi connectivity index (χ0v) is 22.2. The number of carboxylic acids is 1. The van der Waals surface area contributed by atoms with Crippen molar-refractivity contribution >= 4 is 29.3 Å². The fourth-order valence-corrected chi connectivity index (χ4v) is 5.47. The number of aliphatic carboxylic acids is 1. The van der Waals surface area contributed by atoms with Gasteiger partial charge in [0.1, 0.15) is 11.5 Å². The average molecular weight is 520 g/mol. The van der Waals surface area contributed by atoms with E-state index >= 15 is 4.39 Å². The smallest absolute Gasteiger partial charge is 0.308 e. The highest BCUT2D eigenvalue weighted by molar-refractivity contribution is 5.93. The molecule has 2 aliphatic rings. The molecule has 3 aromatic rings. The van der Waals surface area contributed by atoms with Gasteiger partial charge in [-0.15, -0.1) is 0 Å². The number of aromatic nitrogens is 3. The van der Waals surface area contributed by atoms with Crippen molar-refractivity contribution in [1.82, 2.24) is 19.5 Å². The molecule has 1 N–H and O–H groups in total. The zero-order valence-electron chi connectivity index (χ0n) is 22.2. The normalized spacial score (nSPS) is 20.0. The molecule has 0 aliphatic carbocycles. The molecule has 200 valence electrons. The first-order chi connectivity index (χ1) is 18.2. The number of carboxylic acid groups (broad SMARTS) is 1. The number of rotatable bonds is 5. The number of amides is 1. The molecule has 38 heavy (non-hydrogen) atoms. The van der Waals surface area contributed by atoms with Crippen molar-refractivity contribution in [3.63, 3.8) is 0 Å². The van der Waals surface area contributed by atoms with Gasteiger partial charge in [-0.05, 0) is 70.4 Å². The van der Waals surface area contributed by atoms with Gasteiger partial charge in [0.2, 0.25) is 0 Å². The summed E-state index contributed by atoms with van der Waals surface area (Å²) in [6.07, 6.45) is 6.70. The zero-order chi connectivity index (χ0) is 27.0. The minimum absolute atomic E-state index is 0.0890. The van der Waals surface area contributed by atoms with Crippen molar-refractivity contribution in [1.29, 1.82) is 0 Å². The maximum atomic E-state index is 15.3. The number of carbonyl (C=O) groups excluding carboxylic acids is 1. The van der Waals surface area contributed by atoms with E-state index in [-0.39, 0.29) is 11.9 Å². The van der Waals surface area contributed by atoms with E-state index < -0.39 is 17.7 Å². The Balaban J connectivity index is 1.50. The number of anilines is 1. The van der Waals surface area contributed by atoms with Crippen molar-refractivity contribution in [2.45, 2.75) is 58.9 Å². The number of likely N-dealkylation sites (tertiary alicyclic amines) is 1.